The van der Waals surface area contributed by atoms with E-state index in [2.05, 4.69) is 80.3 Å². The first-order valence-corrected chi connectivity index (χ1v) is 28.5. The topological polar surface area (TPSA) is 214 Å². The molecule has 1 aromatic rings. The van der Waals surface area contributed by atoms with Crippen molar-refractivity contribution in [2.75, 3.05) is 6.54 Å². The maximum atomic E-state index is 14.0. The third-order valence-electron chi connectivity index (χ3n) is 15.0. The number of rotatable bonds is 32. The molecule has 12 atom stereocenters. The number of amides is 4. The van der Waals surface area contributed by atoms with Crippen LogP contribution in [0.3, 0.4) is 0 Å². The molecule has 2 saturated heterocycles. The average molecular weight is 1050 g/mol. The van der Waals surface area contributed by atoms with Crippen LogP contribution in [-0.2, 0) is 35.2 Å². The number of aliphatic hydroxyl groups is 2. The number of piperidine rings is 1. The van der Waals surface area contributed by atoms with Crippen LogP contribution in [-0.4, -0.2) is 98.6 Å². The van der Waals surface area contributed by atoms with Crippen LogP contribution in [0, 0.1) is 41.4 Å². The Bertz CT molecular complexity index is 2000. The van der Waals surface area contributed by atoms with Crippen molar-refractivity contribution in [2.45, 2.75) is 215 Å². The fourth-order valence-corrected chi connectivity index (χ4v) is 9.95. The van der Waals surface area contributed by atoms with E-state index >= 15 is 0 Å². The van der Waals surface area contributed by atoms with E-state index in [1.54, 1.807) is 13.8 Å². The highest BCUT2D eigenvalue weighted by atomic mass is 16.4. The number of nitrogens with one attached hydrogen (secondary N) is 4. The van der Waals surface area contributed by atoms with Crippen LogP contribution in [0.2, 0.25) is 0 Å². The third kappa shape index (κ3) is 24.7. The first kappa shape index (κ1) is 66.2. The number of aliphatic hydroxyl groups excluding tert-OH is 2. The van der Waals surface area contributed by atoms with Crippen molar-refractivity contribution in [2.24, 2.45) is 41.4 Å². The van der Waals surface area contributed by atoms with E-state index < -0.39 is 59.8 Å². The molecule has 0 aliphatic carbocycles. The number of carbonyl (C=O) groups is 6. The minimum absolute atomic E-state index is 0.0739. The van der Waals surface area contributed by atoms with Gasteiger partial charge in [-0.2, -0.15) is 0 Å². The summed E-state index contributed by atoms with van der Waals surface area (Å²) in [7, 11) is 0. The Morgan fingerprint density at radius 2 is 1.48 bits per heavy atom. The number of nitrogens with zero attached hydrogens (tertiary/aromatic N) is 1. The van der Waals surface area contributed by atoms with Crippen LogP contribution >= 0.6 is 0 Å². The van der Waals surface area contributed by atoms with E-state index in [1.807, 2.05) is 69.3 Å². The molecule has 75 heavy (non-hydrogen) atoms. The Morgan fingerprint density at radius 1 is 0.800 bits per heavy atom. The highest BCUT2D eigenvalue weighted by molar-refractivity contribution is 5.93. The van der Waals surface area contributed by atoms with Crippen LogP contribution in [0.15, 0.2) is 78.4 Å². The van der Waals surface area contributed by atoms with Gasteiger partial charge < -0.3 is 36.1 Å². The Morgan fingerprint density at radius 3 is 2.12 bits per heavy atom. The van der Waals surface area contributed by atoms with Crippen molar-refractivity contribution >= 4 is 35.4 Å². The van der Waals surface area contributed by atoms with E-state index in [0.717, 1.165) is 69.8 Å². The van der Waals surface area contributed by atoms with E-state index in [1.165, 1.54) is 17.5 Å². The molecular formula is C61H99N5O9. The lowest BCUT2D eigenvalue weighted by atomic mass is 9.81. The van der Waals surface area contributed by atoms with Gasteiger partial charge in [-0.3, -0.25) is 29.0 Å². The molecule has 0 radical (unpaired) electrons. The summed E-state index contributed by atoms with van der Waals surface area (Å²) in [5, 5.41) is 42.2. The number of benzene rings is 1. The zero-order valence-corrected chi connectivity index (χ0v) is 47.7. The first-order valence-electron chi connectivity index (χ1n) is 28.5. The summed E-state index contributed by atoms with van der Waals surface area (Å²) >= 11 is 0. The van der Waals surface area contributed by atoms with E-state index in [0.29, 0.717) is 31.1 Å². The molecule has 14 heteroatoms. The summed E-state index contributed by atoms with van der Waals surface area (Å²) < 4.78 is 0. The quantitative estimate of drug-likeness (QED) is 0.0339. The summed E-state index contributed by atoms with van der Waals surface area (Å²) in [6.45, 7) is 21.9. The smallest absolute Gasteiger partial charge is 0.322 e. The molecule has 1 aromatic carbocycles. The number of hydrogen-bond donors (Lipinski definition) is 7. The molecule has 3 rings (SSSR count). The van der Waals surface area contributed by atoms with Gasteiger partial charge in [0.1, 0.15) is 23.9 Å². The second-order valence-corrected chi connectivity index (χ2v) is 21.8. The largest absolute Gasteiger partial charge is 0.480 e. The second kappa shape index (κ2) is 36.2. The summed E-state index contributed by atoms with van der Waals surface area (Å²) in [6.07, 6.45) is 23.9. The molecule has 2 fully saturated rings. The maximum absolute atomic E-state index is 14.0. The minimum Gasteiger partial charge on any atom is -0.480 e. The van der Waals surface area contributed by atoms with Gasteiger partial charge in [0, 0.05) is 31.3 Å². The van der Waals surface area contributed by atoms with Gasteiger partial charge in [0.25, 0.3) is 5.91 Å². The fourth-order valence-electron chi connectivity index (χ4n) is 9.95. The molecule has 4 amide bonds. The number of carbonyl (C=O) groups excluding carboxylic acids is 5. The van der Waals surface area contributed by atoms with Crippen LogP contribution < -0.4 is 21.4 Å². The fraction of sp³-hybridized carbons (Fsp3) is 0.672. The number of hydrogen-bond acceptors (Lipinski definition) is 9. The molecule has 0 aromatic heterocycles. The summed E-state index contributed by atoms with van der Waals surface area (Å²) in [5.41, 5.74) is 4.82. The molecule has 2 aliphatic heterocycles. The van der Waals surface area contributed by atoms with Gasteiger partial charge in [-0.05, 0) is 139 Å². The molecule has 0 spiro atoms. The Kier molecular flexibility index (Phi) is 31.9. The minimum atomic E-state index is -1.11. The second-order valence-electron chi connectivity index (χ2n) is 21.8. The predicted octanol–water partition coefficient (Wildman–Crippen LogP) is 9.75. The van der Waals surface area contributed by atoms with Crippen molar-refractivity contribution in [1.82, 2.24) is 26.4 Å². The standard InChI is InChI=1S/C59H93N5O9.C2H6/c1-10-47-32-34-49(60-55(47)68)44(8)37-41(5)30-35-52(66)42(6)25-19-14-17-24-40(4)23-16-12-11-13-18-26-43(7)54(67)48(33-31-45(9)65)56(69)62-53(39(2)3)57(70)61-51(38-46-27-20-15-21-28-46)58(71)64-36-22-29-50(63-64)59(72)73;1-2/h11-15,17-18,20-21,24,27-28,39,41-44,47-54,63,66-67H,10,16,19,22-23,25-26,29-38H2,1-9H3,(H,60,68)(H,61,70)(H,62,69)(H,72,73);1-2H3/b12-11+,17-14+,18-13+,40-24+;. The van der Waals surface area contributed by atoms with Gasteiger partial charge in [-0.15, -0.1) is 0 Å². The highest BCUT2D eigenvalue weighted by Gasteiger charge is 2.37. The van der Waals surface area contributed by atoms with Gasteiger partial charge in [0.05, 0.1) is 18.1 Å². The maximum Gasteiger partial charge on any atom is 0.322 e. The number of hydrazine groups is 1. The molecular weight excluding hydrogens is 947 g/mol. The summed E-state index contributed by atoms with van der Waals surface area (Å²) in [6, 6.07) is 6.33. The molecule has 12 unspecified atom stereocenters. The number of allylic oxidation sites excluding steroid dienone is 8. The van der Waals surface area contributed by atoms with Gasteiger partial charge >= 0.3 is 5.97 Å². The van der Waals surface area contributed by atoms with Crippen molar-refractivity contribution in [3.8, 4) is 0 Å². The number of ketones is 1. The van der Waals surface area contributed by atoms with Crippen molar-refractivity contribution in [3.63, 3.8) is 0 Å². The van der Waals surface area contributed by atoms with Crippen molar-refractivity contribution in [3.05, 3.63) is 84.0 Å². The Labute approximate surface area is 451 Å². The van der Waals surface area contributed by atoms with Crippen molar-refractivity contribution < 1.29 is 44.1 Å². The summed E-state index contributed by atoms with van der Waals surface area (Å²) in [5.74, 6) is -3.06. The molecule has 0 bridgehead atoms. The highest BCUT2D eigenvalue weighted by Crippen LogP contribution is 2.29. The molecule has 0 saturated carbocycles. The predicted molar refractivity (Wildman–Crippen MR) is 301 cm³/mol. The average Bonchev–Trinajstić information content (AvgIpc) is 3.39. The SMILES string of the molecule is CC.CCC1CCC(C(C)CC(C)CCC(O)C(C)CC/C=C/C=C(\C)CC/C=C/C=C/CC(C)C(O)C(CCC(C)=O)C(=O)NC(C(=O)NC(Cc2ccccc2)C(=O)N2CCCC(C(=O)O)N2)C(C)C)NC1=O. The lowest BCUT2D eigenvalue weighted by Crippen LogP contribution is -2.62. The monoisotopic (exact) mass is 1050 g/mol. The zero-order chi connectivity index (χ0) is 56.0. The molecule has 2 heterocycles. The number of carboxylic acid groups (broad SMARTS) is 1. The summed E-state index contributed by atoms with van der Waals surface area (Å²) in [4.78, 5) is 78.1. The first-order chi connectivity index (χ1) is 35.7. The van der Waals surface area contributed by atoms with Crippen LogP contribution in [0.1, 0.15) is 178 Å². The van der Waals surface area contributed by atoms with Gasteiger partial charge in [-0.25, -0.2) is 5.43 Å². The Hall–Kier alpha value is -4.92. The van der Waals surface area contributed by atoms with E-state index in [-0.39, 0.29) is 67.4 Å². The lowest BCUT2D eigenvalue weighted by molar-refractivity contribution is -0.148. The molecule has 2 aliphatic rings. The van der Waals surface area contributed by atoms with E-state index in [9.17, 15) is 44.1 Å². The molecule has 422 valence electrons. The normalized spacial score (nSPS) is 21.0. The molecule has 14 nitrogen and oxygen atoms in total. The van der Waals surface area contributed by atoms with Crippen LogP contribution in [0.4, 0.5) is 0 Å². The lowest BCUT2D eigenvalue weighted by Gasteiger charge is -2.35. The Balaban J connectivity index is 0.00000950. The molecule has 7 N–H and O–H groups in total. The van der Waals surface area contributed by atoms with Gasteiger partial charge in [0.15, 0.2) is 0 Å². The van der Waals surface area contributed by atoms with Crippen LogP contribution in [0.25, 0.3) is 0 Å². The van der Waals surface area contributed by atoms with Gasteiger partial charge in [0.2, 0.25) is 17.7 Å². The van der Waals surface area contributed by atoms with Gasteiger partial charge in [-0.1, -0.05) is 141 Å². The van der Waals surface area contributed by atoms with Crippen molar-refractivity contribution in [1.29, 1.82) is 0 Å². The van der Waals surface area contributed by atoms with Crippen LogP contribution in [0.5, 0.6) is 0 Å². The third-order valence-corrected chi connectivity index (χ3v) is 15.0. The number of aliphatic carboxylic acids is 1. The number of carboxylic acids is 1. The zero-order valence-electron chi connectivity index (χ0n) is 47.7. The van der Waals surface area contributed by atoms with E-state index in [4.69, 9.17) is 0 Å². The number of Topliss-reactive ketones (excluding diaryl/α,β-unsaturated/α-hetero) is 1.